The molecule has 0 aromatic heterocycles. The van der Waals surface area contributed by atoms with E-state index in [0.29, 0.717) is 11.3 Å². The molecule has 0 heterocycles. The number of ether oxygens (including phenoxy) is 1. The number of rotatable bonds is 3. The van der Waals surface area contributed by atoms with E-state index in [0.717, 1.165) is 9.79 Å². The lowest BCUT2D eigenvalue weighted by Crippen LogP contribution is -2.05. The summed E-state index contributed by atoms with van der Waals surface area (Å²) < 4.78 is 4.79. The molecule has 0 bridgehead atoms. The third kappa shape index (κ3) is 3.09. The molecule has 2 rings (SSSR count). The molecule has 0 aliphatic rings. The molecule has 19 heavy (non-hydrogen) atoms. The van der Waals surface area contributed by atoms with Crippen molar-refractivity contribution >= 4 is 23.4 Å². The number of nitrogens with two attached hydrogens (primary N) is 1. The molecule has 2 aromatic rings. The van der Waals surface area contributed by atoms with Gasteiger partial charge in [-0.2, -0.15) is 0 Å². The van der Waals surface area contributed by atoms with Crippen LogP contribution in [0.5, 0.6) is 0 Å². The third-order valence-electron chi connectivity index (χ3n) is 2.66. The van der Waals surface area contributed by atoms with Gasteiger partial charge in [-0.25, -0.2) is 4.79 Å². The highest BCUT2D eigenvalue weighted by molar-refractivity contribution is 7.99. The molecule has 0 atom stereocenters. The molecule has 0 saturated carbocycles. The third-order valence-corrected chi connectivity index (χ3v) is 3.81. The smallest absolute Gasteiger partial charge is 0.339 e. The number of hydrogen-bond acceptors (Lipinski definition) is 4. The average molecular weight is 273 g/mol. The van der Waals surface area contributed by atoms with E-state index in [2.05, 4.69) is 6.07 Å². The second-order valence-electron chi connectivity index (χ2n) is 4.13. The van der Waals surface area contributed by atoms with Crippen molar-refractivity contribution in [2.45, 2.75) is 16.7 Å². The number of anilines is 1. The van der Waals surface area contributed by atoms with Crippen LogP contribution in [0.1, 0.15) is 15.9 Å². The molecule has 0 saturated heterocycles. The molecule has 3 nitrogen and oxygen atoms in total. The summed E-state index contributed by atoms with van der Waals surface area (Å²) in [6.07, 6.45) is 0. The van der Waals surface area contributed by atoms with Gasteiger partial charge < -0.3 is 10.5 Å². The van der Waals surface area contributed by atoms with Crippen LogP contribution in [0.15, 0.2) is 52.3 Å². The molecule has 2 N–H and O–H groups in total. The Morgan fingerprint density at radius 1 is 1.21 bits per heavy atom. The Kier molecular flexibility index (Phi) is 4.12. The van der Waals surface area contributed by atoms with Crippen LogP contribution in [-0.2, 0) is 4.74 Å². The van der Waals surface area contributed by atoms with Crippen LogP contribution in [-0.4, -0.2) is 13.1 Å². The molecule has 2 aromatic carbocycles. The molecule has 0 fully saturated rings. The second-order valence-corrected chi connectivity index (χ2v) is 5.22. The quantitative estimate of drug-likeness (QED) is 0.686. The Bertz CT molecular complexity index is 611. The van der Waals surface area contributed by atoms with Crippen LogP contribution in [0.25, 0.3) is 0 Å². The summed E-state index contributed by atoms with van der Waals surface area (Å²) in [4.78, 5) is 13.5. The van der Waals surface area contributed by atoms with Crippen molar-refractivity contribution in [3.05, 3.63) is 53.6 Å². The van der Waals surface area contributed by atoms with Gasteiger partial charge in [0.2, 0.25) is 0 Å². The fourth-order valence-corrected chi connectivity index (χ4v) is 2.81. The lowest BCUT2D eigenvalue weighted by molar-refractivity contribution is 0.0597. The van der Waals surface area contributed by atoms with Gasteiger partial charge >= 0.3 is 5.97 Å². The predicted molar refractivity (Wildman–Crippen MR) is 77.5 cm³/mol. The van der Waals surface area contributed by atoms with E-state index in [1.165, 1.54) is 24.4 Å². The Morgan fingerprint density at radius 3 is 2.63 bits per heavy atom. The highest BCUT2D eigenvalue weighted by Crippen LogP contribution is 2.35. The normalized spacial score (nSPS) is 10.2. The zero-order valence-electron chi connectivity index (χ0n) is 10.8. The van der Waals surface area contributed by atoms with Crippen molar-refractivity contribution in [1.82, 2.24) is 0 Å². The van der Waals surface area contributed by atoms with Crippen LogP contribution in [0.3, 0.4) is 0 Å². The number of hydrogen-bond donors (Lipinski definition) is 1. The molecular formula is C15H15NO2S. The van der Waals surface area contributed by atoms with E-state index in [1.807, 2.05) is 25.1 Å². The van der Waals surface area contributed by atoms with Crippen molar-refractivity contribution in [1.29, 1.82) is 0 Å². The Balaban J connectivity index is 2.41. The summed E-state index contributed by atoms with van der Waals surface area (Å²) in [5.41, 5.74) is 8.21. The summed E-state index contributed by atoms with van der Waals surface area (Å²) in [7, 11) is 1.37. The first kappa shape index (κ1) is 13.5. The van der Waals surface area contributed by atoms with E-state index in [1.54, 1.807) is 18.2 Å². The maximum atomic E-state index is 11.8. The molecule has 0 amide bonds. The predicted octanol–water partition coefficient (Wildman–Crippen LogP) is 3.52. The number of esters is 1. The zero-order chi connectivity index (χ0) is 13.8. The largest absolute Gasteiger partial charge is 0.465 e. The summed E-state index contributed by atoms with van der Waals surface area (Å²) in [5, 5.41) is 0. The SMILES string of the molecule is COC(=O)c1cccc(N)c1Sc1cccc(C)c1. The van der Waals surface area contributed by atoms with Crippen LogP contribution in [0.2, 0.25) is 0 Å². The molecule has 98 valence electrons. The Hall–Kier alpha value is -1.94. The van der Waals surface area contributed by atoms with Crippen LogP contribution >= 0.6 is 11.8 Å². The minimum atomic E-state index is -0.373. The topological polar surface area (TPSA) is 52.3 Å². The number of benzene rings is 2. The van der Waals surface area contributed by atoms with Crippen LogP contribution in [0, 0.1) is 6.92 Å². The maximum Gasteiger partial charge on any atom is 0.339 e. The van der Waals surface area contributed by atoms with Gasteiger partial charge in [-0.3, -0.25) is 0 Å². The van der Waals surface area contributed by atoms with Gasteiger partial charge in [0, 0.05) is 15.5 Å². The minimum absolute atomic E-state index is 0.373. The van der Waals surface area contributed by atoms with Gasteiger partial charge in [-0.15, -0.1) is 0 Å². The number of carbonyl (C=O) groups is 1. The highest BCUT2D eigenvalue weighted by atomic mass is 32.2. The first-order valence-electron chi connectivity index (χ1n) is 5.83. The monoisotopic (exact) mass is 273 g/mol. The average Bonchev–Trinajstić information content (AvgIpc) is 2.40. The van der Waals surface area contributed by atoms with E-state index >= 15 is 0 Å². The van der Waals surface area contributed by atoms with E-state index in [-0.39, 0.29) is 5.97 Å². The van der Waals surface area contributed by atoms with Crippen LogP contribution < -0.4 is 5.73 Å². The summed E-state index contributed by atoms with van der Waals surface area (Å²) >= 11 is 1.47. The van der Waals surface area contributed by atoms with Gasteiger partial charge in [0.05, 0.1) is 12.7 Å². The molecule has 4 heteroatoms. The minimum Gasteiger partial charge on any atom is -0.465 e. The molecule has 0 radical (unpaired) electrons. The number of methoxy groups -OCH3 is 1. The molecular weight excluding hydrogens is 258 g/mol. The summed E-state index contributed by atoms with van der Waals surface area (Å²) in [6.45, 7) is 2.03. The second kappa shape index (κ2) is 5.80. The standard InChI is InChI=1S/C15H15NO2S/c1-10-5-3-6-11(9-10)19-14-12(15(17)18-2)7-4-8-13(14)16/h3-9H,16H2,1-2H3. The van der Waals surface area contributed by atoms with Crippen molar-refractivity contribution in [2.75, 3.05) is 12.8 Å². The zero-order valence-corrected chi connectivity index (χ0v) is 11.7. The van der Waals surface area contributed by atoms with Gasteiger partial charge in [0.15, 0.2) is 0 Å². The molecule has 0 spiro atoms. The first-order chi connectivity index (χ1) is 9.11. The van der Waals surface area contributed by atoms with Crippen molar-refractivity contribution < 1.29 is 9.53 Å². The van der Waals surface area contributed by atoms with Crippen molar-refractivity contribution in [3.8, 4) is 0 Å². The van der Waals surface area contributed by atoms with Crippen molar-refractivity contribution in [2.24, 2.45) is 0 Å². The Labute approximate surface area is 116 Å². The summed E-state index contributed by atoms with van der Waals surface area (Å²) in [5.74, 6) is -0.373. The Morgan fingerprint density at radius 2 is 1.95 bits per heavy atom. The lowest BCUT2D eigenvalue weighted by Gasteiger charge is -2.10. The van der Waals surface area contributed by atoms with Gasteiger partial charge in [-0.05, 0) is 31.2 Å². The van der Waals surface area contributed by atoms with E-state index in [9.17, 15) is 4.79 Å². The van der Waals surface area contributed by atoms with Gasteiger partial charge in [0.1, 0.15) is 0 Å². The fourth-order valence-electron chi connectivity index (χ4n) is 1.74. The van der Waals surface area contributed by atoms with E-state index < -0.39 is 0 Å². The molecule has 0 aliphatic heterocycles. The van der Waals surface area contributed by atoms with Crippen LogP contribution in [0.4, 0.5) is 5.69 Å². The number of aryl methyl sites for hydroxylation is 1. The number of nitrogen functional groups attached to an aromatic ring is 1. The van der Waals surface area contributed by atoms with E-state index in [4.69, 9.17) is 10.5 Å². The summed E-state index contributed by atoms with van der Waals surface area (Å²) in [6, 6.07) is 13.3. The molecule has 0 aliphatic carbocycles. The molecule has 0 unspecified atom stereocenters. The maximum absolute atomic E-state index is 11.8. The van der Waals surface area contributed by atoms with Crippen molar-refractivity contribution in [3.63, 3.8) is 0 Å². The first-order valence-corrected chi connectivity index (χ1v) is 6.65. The lowest BCUT2D eigenvalue weighted by atomic mass is 10.2. The van der Waals surface area contributed by atoms with Gasteiger partial charge in [0.25, 0.3) is 0 Å². The fraction of sp³-hybridized carbons (Fsp3) is 0.133. The number of carbonyl (C=O) groups excluding carboxylic acids is 1. The highest BCUT2D eigenvalue weighted by Gasteiger charge is 2.15. The van der Waals surface area contributed by atoms with Gasteiger partial charge in [-0.1, -0.05) is 35.5 Å².